The van der Waals surface area contributed by atoms with Gasteiger partial charge in [0.1, 0.15) is 40.7 Å². The Labute approximate surface area is 231 Å². The van der Waals surface area contributed by atoms with Crippen LogP contribution >= 0.6 is 15.9 Å². The highest BCUT2D eigenvalue weighted by molar-refractivity contribution is 9.10. The van der Waals surface area contributed by atoms with Crippen molar-refractivity contribution in [3.05, 3.63) is 64.9 Å². The quantitative estimate of drug-likeness (QED) is 0.243. The Morgan fingerprint density at radius 1 is 1.13 bits per heavy atom. The predicted octanol–water partition coefficient (Wildman–Crippen LogP) is 3.82. The molecule has 200 valence electrons. The molecule has 1 fully saturated rings. The maximum atomic E-state index is 14.4. The van der Waals surface area contributed by atoms with Crippen molar-refractivity contribution in [2.24, 2.45) is 0 Å². The molecule has 1 aliphatic rings. The first-order valence-corrected chi connectivity index (χ1v) is 12.9. The SMILES string of the molecule is CC(=O)c1nn(CC(=O)N2C[C@H](F)C[C@H]2C(=O)Nc2cccc(Br)n2)c2ccc(Nc3cnc(C)nc3)cc12. The van der Waals surface area contributed by atoms with Crippen molar-refractivity contribution in [1.29, 1.82) is 0 Å². The van der Waals surface area contributed by atoms with Gasteiger partial charge in [-0.1, -0.05) is 6.07 Å². The third-order valence-electron chi connectivity index (χ3n) is 6.28. The van der Waals surface area contributed by atoms with Crippen LogP contribution < -0.4 is 10.6 Å². The first-order valence-electron chi connectivity index (χ1n) is 12.1. The summed E-state index contributed by atoms with van der Waals surface area (Å²) in [6.07, 6.45) is 1.82. The zero-order chi connectivity index (χ0) is 27.7. The molecule has 11 nitrogen and oxygen atoms in total. The number of hydrogen-bond donors (Lipinski definition) is 2. The maximum Gasteiger partial charge on any atom is 0.248 e. The zero-order valence-electron chi connectivity index (χ0n) is 21.1. The van der Waals surface area contributed by atoms with E-state index in [2.05, 4.69) is 46.6 Å². The molecule has 0 aliphatic carbocycles. The number of pyridine rings is 1. The highest BCUT2D eigenvalue weighted by Crippen LogP contribution is 2.27. The van der Waals surface area contributed by atoms with Gasteiger partial charge in [-0.2, -0.15) is 5.10 Å². The molecular weight excluding hydrogens is 571 g/mol. The van der Waals surface area contributed by atoms with E-state index in [1.54, 1.807) is 55.7 Å². The van der Waals surface area contributed by atoms with E-state index in [1.807, 2.05) is 0 Å². The van der Waals surface area contributed by atoms with Crippen molar-refractivity contribution >= 4 is 61.6 Å². The lowest BCUT2D eigenvalue weighted by Crippen LogP contribution is -2.44. The van der Waals surface area contributed by atoms with Gasteiger partial charge in [-0.05, 0) is 53.2 Å². The number of amides is 2. The van der Waals surface area contributed by atoms with Crippen LogP contribution in [0.2, 0.25) is 0 Å². The van der Waals surface area contributed by atoms with Crippen molar-refractivity contribution in [3.63, 3.8) is 0 Å². The highest BCUT2D eigenvalue weighted by atomic mass is 79.9. The average molecular weight is 595 g/mol. The number of likely N-dealkylation sites (tertiary alicyclic amines) is 1. The predicted molar refractivity (Wildman–Crippen MR) is 145 cm³/mol. The summed E-state index contributed by atoms with van der Waals surface area (Å²) in [6.45, 7) is 2.70. The first kappa shape index (κ1) is 26.4. The Kier molecular flexibility index (Phi) is 7.33. The lowest BCUT2D eigenvalue weighted by Gasteiger charge is -2.23. The van der Waals surface area contributed by atoms with Crippen molar-refractivity contribution in [1.82, 2.24) is 29.6 Å². The van der Waals surface area contributed by atoms with Crippen molar-refractivity contribution in [2.45, 2.75) is 39.0 Å². The Morgan fingerprint density at radius 3 is 2.62 bits per heavy atom. The number of anilines is 3. The van der Waals surface area contributed by atoms with Gasteiger partial charge in [0.15, 0.2) is 5.78 Å². The summed E-state index contributed by atoms with van der Waals surface area (Å²) in [5.74, 6) is -0.362. The molecule has 0 bridgehead atoms. The van der Waals surface area contributed by atoms with Crippen LogP contribution in [-0.4, -0.2) is 66.0 Å². The average Bonchev–Trinajstić information content (AvgIpc) is 3.46. The number of nitrogens with one attached hydrogen (secondary N) is 2. The smallest absolute Gasteiger partial charge is 0.248 e. The third-order valence-corrected chi connectivity index (χ3v) is 6.72. The number of aromatic nitrogens is 5. The van der Waals surface area contributed by atoms with E-state index in [-0.39, 0.29) is 36.8 Å². The number of rotatable bonds is 7. The summed E-state index contributed by atoms with van der Waals surface area (Å²) < 4.78 is 16.3. The highest BCUT2D eigenvalue weighted by Gasteiger charge is 2.40. The second-order valence-corrected chi connectivity index (χ2v) is 9.98. The van der Waals surface area contributed by atoms with Gasteiger partial charge in [0.25, 0.3) is 0 Å². The number of Topliss-reactive ketones (excluding diaryl/α,β-unsaturated/α-hetero) is 1. The Bertz CT molecular complexity index is 1580. The van der Waals surface area contributed by atoms with E-state index in [4.69, 9.17) is 0 Å². The number of hydrogen-bond acceptors (Lipinski definition) is 8. The maximum absolute atomic E-state index is 14.4. The molecule has 39 heavy (non-hydrogen) atoms. The molecule has 5 rings (SSSR count). The Hall–Kier alpha value is -4.26. The molecule has 2 amide bonds. The fraction of sp³-hybridized carbons (Fsp3) is 0.269. The fourth-order valence-electron chi connectivity index (χ4n) is 4.48. The minimum atomic E-state index is -1.35. The van der Waals surface area contributed by atoms with Gasteiger partial charge in [0.2, 0.25) is 11.8 Å². The number of aryl methyl sites for hydroxylation is 1. The largest absolute Gasteiger partial charge is 0.353 e. The molecule has 3 aromatic heterocycles. The van der Waals surface area contributed by atoms with Gasteiger partial charge in [0.05, 0.1) is 30.1 Å². The van der Waals surface area contributed by atoms with Crippen LogP contribution in [-0.2, 0) is 16.1 Å². The molecule has 0 saturated carbocycles. The number of carbonyl (C=O) groups excluding carboxylic acids is 3. The van der Waals surface area contributed by atoms with Crippen LogP contribution in [0.1, 0.15) is 29.7 Å². The Morgan fingerprint density at radius 2 is 1.90 bits per heavy atom. The topological polar surface area (TPSA) is 135 Å². The lowest BCUT2D eigenvalue weighted by molar-refractivity contribution is -0.137. The number of nitrogens with zero attached hydrogens (tertiary/aromatic N) is 6. The van der Waals surface area contributed by atoms with E-state index in [0.29, 0.717) is 32.7 Å². The molecule has 2 atom stereocenters. The minimum absolute atomic E-state index is 0.123. The van der Waals surface area contributed by atoms with E-state index in [9.17, 15) is 18.8 Å². The summed E-state index contributed by atoms with van der Waals surface area (Å²) in [6, 6.07) is 9.29. The molecule has 13 heteroatoms. The molecule has 0 radical (unpaired) electrons. The van der Waals surface area contributed by atoms with Gasteiger partial charge in [-0.3, -0.25) is 19.1 Å². The van der Waals surface area contributed by atoms with Crippen LogP contribution in [0.15, 0.2) is 53.4 Å². The van der Waals surface area contributed by atoms with Crippen LogP contribution in [0.5, 0.6) is 0 Å². The van der Waals surface area contributed by atoms with Gasteiger partial charge in [-0.25, -0.2) is 19.3 Å². The normalized spacial score (nSPS) is 16.9. The zero-order valence-corrected chi connectivity index (χ0v) is 22.6. The van der Waals surface area contributed by atoms with Crippen LogP contribution in [0, 0.1) is 6.92 Å². The van der Waals surface area contributed by atoms with E-state index < -0.39 is 24.0 Å². The fourth-order valence-corrected chi connectivity index (χ4v) is 4.82. The van der Waals surface area contributed by atoms with Crippen LogP contribution in [0.25, 0.3) is 10.9 Å². The second kappa shape index (κ2) is 10.8. The first-order chi connectivity index (χ1) is 18.7. The molecule has 0 spiro atoms. The standard InChI is InChI=1S/C26H24BrFN8O3/c1-14(37)25-19-9-17(31-18-10-29-15(2)30-11-18)6-7-20(19)36(34-25)13-24(38)35-12-16(28)8-21(35)26(39)33-23-5-3-4-22(27)32-23/h3-7,9-11,16,21,31H,8,12-13H2,1-2H3,(H,32,33,39)/t16-,21+/m1/s1. The second-order valence-electron chi connectivity index (χ2n) is 9.17. The number of halogens is 2. The summed E-state index contributed by atoms with van der Waals surface area (Å²) >= 11 is 3.24. The molecule has 1 aliphatic heterocycles. The van der Waals surface area contributed by atoms with E-state index in [0.717, 1.165) is 0 Å². The van der Waals surface area contributed by atoms with E-state index >= 15 is 0 Å². The molecule has 4 aromatic rings. The van der Waals surface area contributed by atoms with Gasteiger partial charge in [0, 0.05) is 24.4 Å². The summed E-state index contributed by atoms with van der Waals surface area (Å²) in [4.78, 5) is 52.3. The summed E-state index contributed by atoms with van der Waals surface area (Å²) in [7, 11) is 0. The number of alkyl halides is 1. The van der Waals surface area contributed by atoms with Crippen molar-refractivity contribution in [3.8, 4) is 0 Å². The van der Waals surface area contributed by atoms with Gasteiger partial charge in [-0.15, -0.1) is 0 Å². The molecule has 0 unspecified atom stereocenters. The van der Waals surface area contributed by atoms with Crippen molar-refractivity contribution < 1.29 is 18.8 Å². The third kappa shape index (κ3) is 5.77. The number of fused-ring (bicyclic) bond motifs is 1. The van der Waals surface area contributed by atoms with Crippen molar-refractivity contribution in [2.75, 3.05) is 17.2 Å². The van der Waals surface area contributed by atoms with Gasteiger partial charge >= 0.3 is 0 Å². The summed E-state index contributed by atoms with van der Waals surface area (Å²) in [5.41, 5.74) is 2.10. The van der Waals surface area contributed by atoms with E-state index in [1.165, 1.54) is 16.5 Å². The lowest BCUT2D eigenvalue weighted by atomic mass is 10.1. The molecule has 1 saturated heterocycles. The molecule has 1 aromatic carbocycles. The molecular formula is C26H24BrFN8O3. The monoisotopic (exact) mass is 594 g/mol. The summed E-state index contributed by atoms with van der Waals surface area (Å²) in [5, 5.41) is 10.8. The minimum Gasteiger partial charge on any atom is -0.353 e. The number of ketones is 1. The molecule has 4 heterocycles. The van der Waals surface area contributed by atoms with Crippen LogP contribution in [0.3, 0.4) is 0 Å². The number of carbonyl (C=O) groups is 3. The number of benzene rings is 1. The Balaban J connectivity index is 1.37. The van der Waals surface area contributed by atoms with Crippen LogP contribution in [0.4, 0.5) is 21.6 Å². The molecule has 2 N–H and O–H groups in total. The van der Waals surface area contributed by atoms with Gasteiger partial charge < -0.3 is 15.5 Å².